The zero-order valence-electron chi connectivity index (χ0n) is 15.8. The summed E-state index contributed by atoms with van der Waals surface area (Å²) in [4.78, 5) is 24.8. The van der Waals surface area contributed by atoms with Gasteiger partial charge >= 0.3 is 0 Å². The molecular formula is C20H16FN7O2. The molecule has 0 fully saturated rings. The van der Waals surface area contributed by atoms with Crippen molar-refractivity contribution < 1.29 is 14.0 Å². The number of carbonyl (C=O) groups excluding carboxylic acids is 2. The van der Waals surface area contributed by atoms with E-state index in [1.54, 1.807) is 12.1 Å². The van der Waals surface area contributed by atoms with Gasteiger partial charge in [-0.1, -0.05) is 29.8 Å². The van der Waals surface area contributed by atoms with Gasteiger partial charge in [-0.3, -0.25) is 20.4 Å². The molecule has 3 N–H and O–H groups in total. The number of halogens is 1. The monoisotopic (exact) mass is 405 g/mol. The molecule has 0 saturated heterocycles. The number of carbonyl (C=O) groups is 2. The maximum absolute atomic E-state index is 13.3. The summed E-state index contributed by atoms with van der Waals surface area (Å²) in [6.45, 7) is 1.95. The highest BCUT2D eigenvalue weighted by molar-refractivity contribution is 6.01. The van der Waals surface area contributed by atoms with E-state index in [2.05, 4.69) is 31.4 Å². The molecule has 2 aromatic heterocycles. The number of nitrogens with zero attached hydrogens (tertiary/aromatic N) is 4. The fourth-order valence-corrected chi connectivity index (χ4v) is 2.75. The summed E-state index contributed by atoms with van der Waals surface area (Å²) >= 11 is 0. The van der Waals surface area contributed by atoms with Gasteiger partial charge in [0, 0.05) is 11.8 Å². The first-order valence-corrected chi connectivity index (χ1v) is 8.90. The summed E-state index contributed by atoms with van der Waals surface area (Å²) in [6, 6.07) is 13.2. The number of rotatable bonds is 4. The molecule has 2 aromatic carbocycles. The quantitative estimate of drug-likeness (QED) is 0.450. The molecule has 30 heavy (non-hydrogen) atoms. The second-order valence-corrected chi connectivity index (χ2v) is 6.44. The summed E-state index contributed by atoms with van der Waals surface area (Å²) < 4.78 is 14.7. The van der Waals surface area contributed by atoms with Crippen molar-refractivity contribution in [3.8, 4) is 16.9 Å². The van der Waals surface area contributed by atoms with Crippen LogP contribution in [0.2, 0.25) is 0 Å². The highest BCUT2D eigenvalue weighted by Gasteiger charge is 2.20. The highest BCUT2D eigenvalue weighted by atomic mass is 19.1. The lowest BCUT2D eigenvalue weighted by Crippen LogP contribution is -2.41. The van der Waals surface area contributed by atoms with Crippen molar-refractivity contribution in [1.82, 2.24) is 36.0 Å². The van der Waals surface area contributed by atoms with Crippen LogP contribution in [0.5, 0.6) is 0 Å². The Bertz CT molecular complexity index is 1180. The van der Waals surface area contributed by atoms with Crippen molar-refractivity contribution >= 4 is 11.8 Å². The van der Waals surface area contributed by atoms with Gasteiger partial charge in [-0.25, -0.2) is 9.07 Å². The average molecular weight is 405 g/mol. The first kappa shape index (κ1) is 19.0. The van der Waals surface area contributed by atoms with E-state index in [1.165, 1.54) is 29.2 Å². The third-order valence-corrected chi connectivity index (χ3v) is 4.31. The van der Waals surface area contributed by atoms with Crippen LogP contribution >= 0.6 is 0 Å². The Morgan fingerprint density at radius 3 is 2.37 bits per heavy atom. The molecule has 0 spiro atoms. The third kappa shape index (κ3) is 3.92. The smallest absolute Gasteiger partial charge is 0.267 e. The summed E-state index contributed by atoms with van der Waals surface area (Å²) in [6.07, 6.45) is 2.74. The Kier molecular flexibility index (Phi) is 5.04. The number of aromatic nitrogens is 5. The van der Waals surface area contributed by atoms with Crippen LogP contribution in [0.1, 0.15) is 26.4 Å². The van der Waals surface area contributed by atoms with E-state index >= 15 is 0 Å². The molecule has 9 nitrogen and oxygen atoms in total. The minimum Gasteiger partial charge on any atom is -0.267 e. The van der Waals surface area contributed by atoms with Gasteiger partial charge in [0.2, 0.25) is 0 Å². The zero-order chi connectivity index (χ0) is 21.1. The topological polar surface area (TPSA) is 118 Å². The fraction of sp³-hybridized carbons (Fsp3) is 0.0500. The predicted octanol–water partition coefficient (Wildman–Crippen LogP) is 2.18. The van der Waals surface area contributed by atoms with E-state index in [9.17, 15) is 14.0 Å². The lowest BCUT2D eigenvalue weighted by Gasteiger charge is -2.06. The number of amides is 2. The molecular weight excluding hydrogens is 389 g/mol. The third-order valence-electron chi connectivity index (χ3n) is 4.31. The minimum atomic E-state index is -0.625. The van der Waals surface area contributed by atoms with Gasteiger partial charge in [-0.15, -0.1) is 0 Å². The Morgan fingerprint density at radius 2 is 1.70 bits per heavy atom. The van der Waals surface area contributed by atoms with Crippen LogP contribution in [-0.4, -0.2) is 37.0 Å². The van der Waals surface area contributed by atoms with E-state index in [0.29, 0.717) is 11.4 Å². The summed E-state index contributed by atoms with van der Waals surface area (Å²) in [5.74, 6) is -1.58. The molecule has 0 saturated carbocycles. The van der Waals surface area contributed by atoms with E-state index in [4.69, 9.17) is 0 Å². The summed E-state index contributed by atoms with van der Waals surface area (Å²) in [5, 5.41) is 14.0. The van der Waals surface area contributed by atoms with Gasteiger partial charge in [-0.05, 0) is 31.2 Å². The van der Waals surface area contributed by atoms with Gasteiger partial charge in [0.25, 0.3) is 11.8 Å². The number of hydrazine groups is 1. The van der Waals surface area contributed by atoms with Gasteiger partial charge in [0.1, 0.15) is 11.5 Å². The molecule has 0 radical (unpaired) electrons. The molecule has 0 bridgehead atoms. The molecule has 0 atom stereocenters. The average Bonchev–Trinajstić information content (AvgIpc) is 3.43. The molecule has 2 heterocycles. The minimum absolute atomic E-state index is 0.0241. The lowest BCUT2D eigenvalue weighted by atomic mass is 10.1. The zero-order valence-corrected chi connectivity index (χ0v) is 15.8. The highest BCUT2D eigenvalue weighted by Crippen LogP contribution is 2.24. The number of benzene rings is 2. The van der Waals surface area contributed by atoms with Gasteiger partial charge in [0.15, 0.2) is 5.69 Å². The van der Waals surface area contributed by atoms with Crippen LogP contribution < -0.4 is 10.9 Å². The number of H-pyrrole nitrogens is 1. The van der Waals surface area contributed by atoms with Crippen molar-refractivity contribution in [2.24, 2.45) is 0 Å². The van der Waals surface area contributed by atoms with Crippen molar-refractivity contribution in [2.45, 2.75) is 6.92 Å². The van der Waals surface area contributed by atoms with Gasteiger partial charge in [0.05, 0.1) is 17.4 Å². The standard InChI is InChI=1S/C20H16FN7O2/c1-12-2-4-13(5-3-12)18-16(11-28(26-18)15-8-6-14(21)7-9-15)19(29)24-25-20(30)17-10-22-27-23-17/h2-11H,1H3,(H,24,29)(H,25,30)(H,22,23,27). The van der Waals surface area contributed by atoms with Gasteiger partial charge < -0.3 is 0 Å². The number of hydrogen-bond acceptors (Lipinski definition) is 5. The van der Waals surface area contributed by atoms with Crippen molar-refractivity contribution in [1.29, 1.82) is 0 Å². The molecule has 10 heteroatoms. The van der Waals surface area contributed by atoms with Crippen LogP contribution in [0.3, 0.4) is 0 Å². The molecule has 0 unspecified atom stereocenters. The fourth-order valence-electron chi connectivity index (χ4n) is 2.75. The second-order valence-electron chi connectivity index (χ2n) is 6.44. The lowest BCUT2D eigenvalue weighted by molar-refractivity contribution is 0.0844. The molecule has 2 amide bonds. The van der Waals surface area contributed by atoms with Crippen LogP contribution in [0.25, 0.3) is 16.9 Å². The normalized spacial score (nSPS) is 10.6. The first-order valence-electron chi connectivity index (χ1n) is 8.90. The van der Waals surface area contributed by atoms with Crippen LogP contribution in [0, 0.1) is 12.7 Å². The largest absolute Gasteiger partial charge is 0.291 e. The predicted molar refractivity (Wildman–Crippen MR) is 105 cm³/mol. The molecule has 0 aliphatic rings. The second kappa shape index (κ2) is 7.95. The van der Waals surface area contributed by atoms with E-state index in [0.717, 1.165) is 11.1 Å². The number of aryl methyl sites for hydroxylation is 1. The molecule has 4 rings (SSSR count). The van der Waals surface area contributed by atoms with Crippen molar-refractivity contribution in [2.75, 3.05) is 0 Å². The van der Waals surface area contributed by atoms with Crippen LogP contribution in [0.4, 0.5) is 4.39 Å². The number of hydrogen-bond donors (Lipinski definition) is 3. The number of aromatic amines is 1. The van der Waals surface area contributed by atoms with Gasteiger partial charge in [-0.2, -0.15) is 20.5 Å². The SMILES string of the molecule is Cc1ccc(-c2nn(-c3ccc(F)cc3)cc2C(=O)NNC(=O)c2cn[nH]n2)cc1. The Labute approximate surface area is 169 Å². The summed E-state index contributed by atoms with van der Waals surface area (Å²) in [5.41, 5.74) is 7.64. The molecule has 0 aliphatic carbocycles. The summed E-state index contributed by atoms with van der Waals surface area (Å²) in [7, 11) is 0. The van der Waals surface area contributed by atoms with Crippen molar-refractivity contribution in [3.05, 3.63) is 83.6 Å². The Morgan fingerprint density at radius 1 is 1.00 bits per heavy atom. The first-order chi connectivity index (χ1) is 14.5. The Balaban J connectivity index is 1.65. The van der Waals surface area contributed by atoms with E-state index in [1.807, 2.05) is 31.2 Å². The van der Waals surface area contributed by atoms with Crippen molar-refractivity contribution in [3.63, 3.8) is 0 Å². The molecule has 4 aromatic rings. The number of nitrogens with one attached hydrogen (secondary N) is 3. The van der Waals surface area contributed by atoms with E-state index < -0.39 is 11.8 Å². The maximum Gasteiger partial charge on any atom is 0.291 e. The Hall–Kier alpha value is -4.34. The molecule has 150 valence electrons. The maximum atomic E-state index is 13.3. The van der Waals surface area contributed by atoms with Crippen LogP contribution in [-0.2, 0) is 0 Å². The van der Waals surface area contributed by atoms with E-state index in [-0.39, 0.29) is 17.1 Å². The molecule has 0 aliphatic heterocycles. The van der Waals surface area contributed by atoms with Crippen LogP contribution in [0.15, 0.2) is 60.9 Å².